The highest BCUT2D eigenvalue weighted by Crippen LogP contribution is 2.32. The van der Waals surface area contributed by atoms with Crippen LogP contribution in [0.15, 0.2) is 66.9 Å². The molecule has 5 unspecified atom stereocenters. The zero-order valence-electron chi connectivity index (χ0n) is 33.8. The lowest BCUT2D eigenvalue weighted by Crippen LogP contribution is -2.55. The van der Waals surface area contributed by atoms with Crippen LogP contribution in [0.3, 0.4) is 0 Å². The Kier molecular flexibility index (Phi) is 15.4. The van der Waals surface area contributed by atoms with Gasteiger partial charge in [-0.3, -0.25) is 53.6 Å². The summed E-state index contributed by atoms with van der Waals surface area (Å²) in [6.07, 6.45) is 0.716. The molecule has 0 aliphatic carbocycles. The van der Waals surface area contributed by atoms with E-state index in [2.05, 4.69) is 49.5 Å². The number of amides is 8. The van der Waals surface area contributed by atoms with Crippen LogP contribution in [0.25, 0.3) is 0 Å². The third-order valence-corrected chi connectivity index (χ3v) is 10.7. The Morgan fingerprint density at radius 3 is 2.44 bits per heavy atom. The minimum Gasteiger partial charge on any atom is -0.508 e. The van der Waals surface area contributed by atoms with E-state index in [1.807, 2.05) is 0 Å². The number of imide groups is 2. The monoisotopic (exact) mass is 886 g/mol. The van der Waals surface area contributed by atoms with E-state index < -0.39 is 90.1 Å². The highest BCUT2D eigenvalue weighted by atomic mass is 32.1. The number of carbonyl (C=O) groups is 9. The molecule has 0 radical (unpaired) electrons. The summed E-state index contributed by atoms with van der Waals surface area (Å²) in [6, 6.07) is 12.7. The van der Waals surface area contributed by atoms with Crippen molar-refractivity contribution in [3.8, 4) is 5.75 Å². The van der Waals surface area contributed by atoms with E-state index >= 15 is 0 Å². The second-order valence-electron chi connectivity index (χ2n) is 14.8. The number of phenolic OH excluding ortho intramolecular Hbond substituents is 1. The van der Waals surface area contributed by atoms with Gasteiger partial charge in [-0.2, -0.15) is 12.6 Å². The van der Waals surface area contributed by atoms with E-state index in [1.165, 1.54) is 18.2 Å². The van der Waals surface area contributed by atoms with E-state index in [0.29, 0.717) is 17.8 Å². The number of nitrogens with zero attached hydrogens (tertiary/aromatic N) is 2. The fourth-order valence-electron chi connectivity index (χ4n) is 6.89. The maximum Gasteiger partial charge on any atom is 0.338 e. The molecule has 3 aliphatic heterocycles. The molecule has 5 atom stereocenters. The molecule has 3 aromatic rings. The topological polar surface area (TPSA) is 284 Å². The largest absolute Gasteiger partial charge is 0.508 e. The first-order chi connectivity index (χ1) is 30.3. The smallest absolute Gasteiger partial charge is 0.338 e. The standard InChI is InChI=1S/C42H46N8O12S/c51-25-12-9-23(10-13-25)11-14-28(38(56)48-29(22-63)37(55)46-20-34(54)45-19-31-36(62-31)42(60)61-21-24-5-1-2-17-43-24)47-32(52)8-4-18-44-27-7-3-6-26-35(27)41(59)50(40(26)58)30-15-16-33(53)49-39(30)57/h1-3,5-7,9-10,12-13,17,28-31,36,44,51,63H,4,8,11,14-16,18-22H2,(H,45,54)(H,46,55)(H,47,52)(H,48,56)(H,49,53,57). The number of rotatable bonds is 21. The normalized spacial score (nSPS) is 18.6. The van der Waals surface area contributed by atoms with E-state index in [9.17, 15) is 48.3 Å². The van der Waals surface area contributed by atoms with Crippen molar-refractivity contribution in [2.24, 2.45) is 0 Å². The van der Waals surface area contributed by atoms with Crippen molar-refractivity contribution >= 4 is 71.5 Å². The number of anilines is 1. The minimum absolute atomic E-state index is 0.0105. The SMILES string of the molecule is O=C(CNC(=O)C(CS)NC(=O)C(CCc1ccc(O)cc1)NC(=O)CCCNc1cccc2c1C(=O)N(C1CCC(=O)NC1=O)C2=O)NCC1OC1C(=O)OCc1ccccn1. The van der Waals surface area contributed by atoms with Crippen molar-refractivity contribution in [2.45, 2.75) is 75.5 Å². The number of nitrogens with one attached hydrogen (secondary N) is 6. The van der Waals surface area contributed by atoms with Gasteiger partial charge in [0.05, 0.1) is 23.4 Å². The summed E-state index contributed by atoms with van der Waals surface area (Å²) in [7, 11) is 0. The predicted molar refractivity (Wildman–Crippen MR) is 224 cm³/mol. The average molecular weight is 887 g/mol. The Balaban J connectivity index is 0.964. The van der Waals surface area contributed by atoms with E-state index in [1.54, 1.807) is 48.7 Å². The lowest BCUT2D eigenvalue weighted by Gasteiger charge is -2.27. The zero-order chi connectivity index (χ0) is 45.0. The molecule has 8 amide bonds. The van der Waals surface area contributed by atoms with Crippen LogP contribution in [-0.2, 0) is 56.1 Å². The van der Waals surface area contributed by atoms with E-state index in [0.717, 1.165) is 10.5 Å². The van der Waals surface area contributed by atoms with Gasteiger partial charge in [-0.15, -0.1) is 0 Å². The molecular formula is C42H46N8O12S. The number of aromatic nitrogens is 1. The van der Waals surface area contributed by atoms with Gasteiger partial charge >= 0.3 is 5.97 Å². The Hall–Kier alpha value is -6.87. The van der Waals surface area contributed by atoms with Gasteiger partial charge in [-0.1, -0.05) is 24.3 Å². The molecule has 6 rings (SSSR count). The number of hydrogen-bond donors (Lipinski definition) is 8. The summed E-state index contributed by atoms with van der Waals surface area (Å²) >= 11 is 4.21. The summed E-state index contributed by atoms with van der Waals surface area (Å²) in [5, 5.41) is 25.2. The summed E-state index contributed by atoms with van der Waals surface area (Å²) in [4.78, 5) is 120. The van der Waals surface area contributed by atoms with Gasteiger partial charge < -0.3 is 41.2 Å². The number of esters is 1. The fraction of sp³-hybridized carbons (Fsp3) is 0.381. The summed E-state index contributed by atoms with van der Waals surface area (Å²) in [5.41, 5.74) is 1.83. The van der Waals surface area contributed by atoms with Crippen molar-refractivity contribution < 1.29 is 57.7 Å². The van der Waals surface area contributed by atoms with Crippen molar-refractivity contribution in [3.63, 3.8) is 0 Å². The molecule has 2 aromatic carbocycles. The Morgan fingerprint density at radius 2 is 1.71 bits per heavy atom. The summed E-state index contributed by atoms with van der Waals surface area (Å²) in [6.45, 7) is -0.313. The van der Waals surface area contributed by atoms with Crippen molar-refractivity contribution in [1.82, 2.24) is 36.5 Å². The van der Waals surface area contributed by atoms with Crippen LogP contribution in [0.4, 0.5) is 5.69 Å². The minimum atomic E-state index is -1.19. The highest BCUT2D eigenvalue weighted by molar-refractivity contribution is 7.80. The number of benzene rings is 2. The molecule has 63 heavy (non-hydrogen) atoms. The molecule has 0 spiro atoms. The van der Waals surface area contributed by atoms with Crippen LogP contribution in [0.1, 0.15) is 64.1 Å². The molecule has 2 saturated heterocycles. The highest BCUT2D eigenvalue weighted by Gasteiger charge is 2.47. The van der Waals surface area contributed by atoms with Gasteiger partial charge in [0.25, 0.3) is 11.8 Å². The van der Waals surface area contributed by atoms with Crippen molar-refractivity contribution in [1.29, 1.82) is 0 Å². The molecule has 20 nitrogen and oxygen atoms in total. The second kappa shape index (κ2) is 21.3. The molecule has 0 saturated carbocycles. The number of fused-ring (bicyclic) bond motifs is 1. The first-order valence-corrected chi connectivity index (χ1v) is 20.8. The van der Waals surface area contributed by atoms with Crippen LogP contribution in [0, 0.1) is 0 Å². The summed E-state index contributed by atoms with van der Waals surface area (Å²) < 4.78 is 10.5. The molecule has 21 heteroatoms. The van der Waals surface area contributed by atoms with Gasteiger partial charge in [-0.25, -0.2) is 4.79 Å². The number of hydrogen-bond acceptors (Lipinski definition) is 15. The van der Waals surface area contributed by atoms with Crippen LogP contribution >= 0.6 is 12.6 Å². The number of piperidine rings is 1. The lowest BCUT2D eigenvalue weighted by atomic mass is 10.0. The second-order valence-corrected chi connectivity index (χ2v) is 15.2. The fourth-order valence-corrected chi connectivity index (χ4v) is 7.15. The Morgan fingerprint density at radius 1 is 0.921 bits per heavy atom. The van der Waals surface area contributed by atoms with Gasteiger partial charge in [-0.05, 0) is 67.6 Å². The van der Waals surface area contributed by atoms with Crippen molar-refractivity contribution in [3.05, 3.63) is 89.2 Å². The number of epoxide rings is 1. The Labute approximate surface area is 366 Å². The number of aromatic hydroxyl groups is 1. The predicted octanol–water partition coefficient (Wildman–Crippen LogP) is -0.344. The average Bonchev–Trinajstić information content (AvgIpc) is 4.02. The maximum atomic E-state index is 13.6. The number of ether oxygens (including phenoxy) is 2. The Bertz CT molecular complexity index is 2240. The van der Waals surface area contributed by atoms with E-state index in [4.69, 9.17) is 9.47 Å². The molecule has 332 valence electrons. The van der Waals surface area contributed by atoms with E-state index in [-0.39, 0.29) is 74.4 Å². The van der Waals surface area contributed by atoms with Gasteiger partial charge in [0.1, 0.15) is 36.6 Å². The maximum absolute atomic E-state index is 13.6. The van der Waals surface area contributed by atoms with Gasteiger partial charge in [0.2, 0.25) is 35.4 Å². The van der Waals surface area contributed by atoms with Gasteiger partial charge in [0, 0.05) is 43.6 Å². The number of carbonyl (C=O) groups excluding carboxylic acids is 9. The van der Waals surface area contributed by atoms with Gasteiger partial charge in [0.15, 0.2) is 6.10 Å². The van der Waals surface area contributed by atoms with Crippen molar-refractivity contribution in [2.75, 3.05) is 30.7 Å². The molecule has 2 fully saturated rings. The third-order valence-electron chi connectivity index (χ3n) is 10.3. The van der Waals surface area contributed by atoms with Crippen LogP contribution in [-0.4, -0.2) is 124 Å². The molecule has 0 bridgehead atoms. The number of phenols is 1. The first kappa shape index (κ1) is 45.7. The molecular weight excluding hydrogens is 841 g/mol. The number of thiol groups is 1. The molecule has 7 N–H and O–H groups in total. The third kappa shape index (κ3) is 12.2. The molecule has 1 aromatic heterocycles. The summed E-state index contributed by atoms with van der Waals surface area (Å²) in [5.74, 6) is -5.71. The zero-order valence-corrected chi connectivity index (χ0v) is 34.7. The number of aryl methyl sites for hydroxylation is 1. The van der Waals surface area contributed by atoms with Crippen LogP contribution in [0.2, 0.25) is 0 Å². The molecule has 3 aliphatic rings. The van der Waals surface area contributed by atoms with Crippen LogP contribution in [0.5, 0.6) is 5.75 Å². The number of pyridine rings is 1. The lowest BCUT2D eigenvalue weighted by molar-refractivity contribution is -0.146. The first-order valence-electron chi connectivity index (χ1n) is 20.2. The van der Waals surface area contributed by atoms with Crippen LogP contribution < -0.4 is 31.9 Å². The molecule has 4 heterocycles. The quantitative estimate of drug-likeness (QED) is 0.0223.